The molecule has 0 aliphatic carbocycles. The number of ether oxygens (including phenoxy) is 1. The third-order valence-electron chi connectivity index (χ3n) is 4.68. The maximum absolute atomic E-state index is 13.3. The molecule has 0 saturated carbocycles. The zero-order valence-electron chi connectivity index (χ0n) is 16.2. The van der Waals surface area contributed by atoms with E-state index in [1.54, 1.807) is 24.3 Å². The Morgan fingerprint density at radius 1 is 1.31 bits per heavy atom. The first-order valence-electron chi connectivity index (χ1n) is 9.38. The van der Waals surface area contributed by atoms with Crippen molar-refractivity contribution in [3.8, 4) is 5.75 Å². The van der Waals surface area contributed by atoms with Gasteiger partial charge in [-0.1, -0.05) is 30.7 Å². The van der Waals surface area contributed by atoms with Crippen LogP contribution in [0.4, 0.5) is 10.1 Å². The summed E-state index contributed by atoms with van der Waals surface area (Å²) in [6.45, 7) is 4.34. The zero-order valence-corrected chi connectivity index (χ0v) is 17.0. The van der Waals surface area contributed by atoms with Gasteiger partial charge in [0.25, 0.3) is 5.91 Å². The fraction of sp³-hybridized carbons (Fsp3) is 0.273. The van der Waals surface area contributed by atoms with E-state index in [9.17, 15) is 14.0 Å². The molecule has 7 heteroatoms. The Morgan fingerprint density at radius 3 is 2.72 bits per heavy atom. The van der Waals surface area contributed by atoms with Gasteiger partial charge in [0.05, 0.1) is 11.6 Å². The highest BCUT2D eigenvalue weighted by Gasteiger charge is 2.29. The first kappa shape index (κ1) is 20.9. The zero-order chi connectivity index (χ0) is 21.0. The van der Waals surface area contributed by atoms with Crippen LogP contribution in [-0.4, -0.2) is 18.4 Å². The number of carbonyl (C=O) groups excluding carboxylic acids is 2. The lowest BCUT2D eigenvalue weighted by atomic mass is 9.86. The molecule has 0 bridgehead atoms. The molecule has 2 amide bonds. The standard InChI is InChI=1S/C22H22ClFN2O3/c1-3-8-29-20-11-19(13(2)9-18(20)23)26-22(28)17-12-25-21(27)10-16(17)14-4-6-15(24)7-5-14/h4-7,9,11-12,16H,3,8,10H2,1-2H3,(H,25,27)(H,26,28). The first-order valence-corrected chi connectivity index (χ1v) is 9.76. The molecule has 1 unspecified atom stereocenters. The van der Waals surface area contributed by atoms with Gasteiger partial charge < -0.3 is 15.4 Å². The number of aryl methyl sites for hydroxylation is 1. The van der Waals surface area contributed by atoms with Crippen molar-refractivity contribution in [2.45, 2.75) is 32.6 Å². The third kappa shape index (κ3) is 4.95. The van der Waals surface area contributed by atoms with E-state index in [0.29, 0.717) is 34.2 Å². The van der Waals surface area contributed by atoms with Crippen LogP contribution in [0, 0.1) is 12.7 Å². The quantitative estimate of drug-likeness (QED) is 0.717. The molecule has 2 aromatic rings. The summed E-state index contributed by atoms with van der Waals surface area (Å²) in [5.74, 6) is -0.899. The van der Waals surface area contributed by atoms with Crippen molar-refractivity contribution in [3.63, 3.8) is 0 Å². The minimum atomic E-state index is -0.465. The number of anilines is 1. The van der Waals surface area contributed by atoms with Crippen molar-refractivity contribution < 1.29 is 18.7 Å². The van der Waals surface area contributed by atoms with Gasteiger partial charge >= 0.3 is 0 Å². The highest BCUT2D eigenvalue weighted by Crippen LogP contribution is 2.34. The van der Waals surface area contributed by atoms with E-state index in [4.69, 9.17) is 16.3 Å². The predicted molar refractivity (Wildman–Crippen MR) is 111 cm³/mol. The maximum Gasteiger partial charge on any atom is 0.253 e. The van der Waals surface area contributed by atoms with Crippen LogP contribution >= 0.6 is 11.6 Å². The molecule has 3 rings (SSSR count). The predicted octanol–water partition coefficient (Wildman–Crippen LogP) is 4.70. The van der Waals surface area contributed by atoms with Crippen LogP contribution in [0.2, 0.25) is 5.02 Å². The van der Waals surface area contributed by atoms with Crippen LogP contribution in [0.3, 0.4) is 0 Å². The van der Waals surface area contributed by atoms with Gasteiger partial charge in [-0.2, -0.15) is 0 Å². The minimum Gasteiger partial charge on any atom is -0.492 e. The van der Waals surface area contributed by atoms with Crippen molar-refractivity contribution >= 4 is 29.1 Å². The number of hydrogen-bond acceptors (Lipinski definition) is 3. The molecule has 0 aromatic heterocycles. The number of carbonyl (C=O) groups is 2. The summed E-state index contributed by atoms with van der Waals surface area (Å²) in [5, 5.41) is 5.94. The molecule has 29 heavy (non-hydrogen) atoms. The van der Waals surface area contributed by atoms with E-state index in [0.717, 1.165) is 12.0 Å². The number of nitrogens with one attached hydrogen (secondary N) is 2. The van der Waals surface area contributed by atoms with Crippen LogP contribution in [0.5, 0.6) is 5.75 Å². The average molecular weight is 417 g/mol. The van der Waals surface area contributed by atoms with Gasteiger partial charge in [0.1, 0.15) is 11.6 Å². The molecular weight excluding hydrogens is 395 g/mol. The Balaban J connectivity index is 1.86. The number of benzene rings is 2. The number of rotatable bonds is 6. The van der Waals surface area contributed by atoms with E-state index in [2.05, 4.69) is 10.6 Å². The molecular formula is C22H22ClFN2O3. The summed E-state index contributed by atoms with van der Waals surface area (Å²) in [7, 11) is 0. The van der Waals surface area contributed by atoms with Crippen molar-refractivity contribution in [1.29, 1.82) is 0 Å². The van der Waals surface area contributed by atoms with Gasteiger partial charge in [0.2, 0.25) is 5.91 Å². The lowest BCUT2D eigenvalue weighted by molar-refractivity contribution is -0.121. The van der Waals surface area contributed by atoms with Gasteiger partial charge in [-0.25, -0.2) is 4.39 Å². The monoisotopic (exact) mass is 416 g/mol. The second-order valence-corrected chi connectivity index (χ2v) is 7.28. The van der Waals surface area contributed by atoms with Crippen LogP contribution < -0.4 is 15.4 Å². The largest absolute Gasteiger partial charge is 0.492 e. The highest BCUT2D eigenvalue weighted by molar-refractivity contribution is 6.32. The second kappa shape index (κ2) is 9.09. The fourth-order valence-electron chi connectivity index (χ4n) is 3.13. The minimum absolute atomic E-state index is 0.106. The maximum atomic E-state index is 13.3. The Hall–Kier alpha value is -2.86. The Kier molecular flexibility index (Phi) is 6.54. The van der Waals surface area contributed by atoms with E-state index in [-0.39, 0.29) is 24.1 Å². The second-order valence-electron chi connectivity index (χ2n) is 6.88. The molecule has 1 heterocycles. The summed E-state index contributed by atoms with van der Waals surface area (Å²) in [4.78, 5) is 24.9. The summed E-state index contributed by atoms with van der Waals surface area (Å²) in [6, 6.07) is 9.24. The van der Waals surface area contributed by atoms with Gasteiger partial charge in [0.15, 0.2) is 0 Å². The van der Waals surface area contributed by atoms with E-state index in [1.807, 2.05) is 13.8 Å². The Morgan fingerprint density at radius 2 is 2.03 bits per heavy atom. The topological polar surface area (TPSA) is 67.4 Å². The summed E-state index contributed by atoms with van der Waals surface area (Å²) in [5.41, 5.74) is 2.44. The van der Waals surface area contributed by atoms with Gasteiger partial charge in [-0.05, 0) is 42.7 Å². The van der Waals surface area contributed by atoms with E-state index in [1.165, 1.54) is 18.3 Å². The lowest BCUT2D eigenvalue weighted by Gasteiger charge is -2.24. The van der Waals surface area contributed by atoms with Crippen molar-refractivity contribution in [3.05, 3.63) is 70.1 Å². The number of hydrogen-bond donors (Lipinski definition) is 2. The van der Waals surface area contributed by atoms with Crippen molar-refractivity contribution in [2.24, 2.45) is 0 Å². The molecule has 5 nitrogen and oxygen atoms in total. The molecule has 0 fully saturated rings. The molecule has 1 aliphatic heterocycles. The summed E-state index contributed by atoms with van der Waals surface area (Å²) >= 11 is 6.23. The Labute approximate surface area is 173 Å². The molecule has 152 valence electrons. The smallest absolute Gasteiger partial charge is 0.253 e. The van der Waals surface area contributed by atoms with Gasteiger partial charge in [-0.3, -0.25) is 9.59 Å². The summed E-state index contributed by atoms with van der Waals surface area (Å²) < 4.78 is 18.9. The van der Waals surface area contributed by atoms with Crippen LogP contribution in [0.15, 0.2) is 48.2 Å². The number of amides is 2. The lowest BCUT2D eigenvalue weighted by Crippen LogP contribution is -2.32. The summed E-state index contributed by atoms with van der Waals surface area (Å²) in [6.07, 6.45) is 2.35. The molecule has 2 aromatic carbocycles. The normalized spacial score (nSPS) is 16.1. The van der Waals surface area contributed by atoms with Crippen molar-refractivity contribution in [2.75, 3.05) is 11.9 Å². The molecule has 0 radical (unpaired) electrons. The molecule has 1 aliphatic rings. The molecule has 0 spiro atoms. The fourth-order valence-corrected chi connectivity index (χ4v) is 3.41. The van der Waals surface area contributed by atoms with Crippen LogP contribution in [-0.2, 0) is 9.59 Å². The molecule has 1 atom stereocenters. The first-order chi connectivity index (χ1) is 13.9. The molecule has 2 N–H and O–H groups in total. The SMILES string of the molecule is CCCOc1cc(NC(=O)C2=CNC(=O)CC2c2ccc(F)cc2)c(C)cc1Cl. The highest BCUT2D eigenvalue weighted by atomic mass is 35.5. The molecule has 0 saturated heterocycles. The average Bonchev–Trinajstić information content (AvgIpc) is 2.69. The van der Waals surface area contributed by atoms with E-state index >= 15 is 0 Å². The third-order valence-corrected chi connectivity index (χ3v) is 4.97. The van der Waals surface area contributed by atoms with Crippen molar-refractivity contribution in [1.82, 2.24) is 5.32 Å². The van der Waals surface area contributed by atoms with Crippen LogP contribution in [0.1, 0.15) is 36.8 Å². The van der Waals surface area contributed by atoms with Gasteiger partial charge in [-0.15, -0.1) is 0 Å². The number of halogens is 2. The van der Waals surface area contributed by atoms with E-state index < -0.39 is 5.92 Å². The Bertz CT molecular complexity index is 957. The van der Waals surface area contributed by atoms with Crippen LogP contribution in [0.25, 0.3) is 0 Å². The van der Waals surface area contributed by atoms with Gasteiger partial charge in [0, 0.05) is 35.9 Å².